The third-order valence-corrected chi connectivity index (χ3v) is 6.19. The molecule has 0 amide bonds. The highest BCUT2D eigenvalue weighted by Crippen LogP contribution is 2.44. The number of carbonyl (C=O) groups is 1. The molecule has 0 unspecified atom stereocenters. The van der Waals surface area contributed by atoms with Gasteiger partial charge < -0.3 is 19.2 Å². The van der Waals surface area contributed by atoms with E-state index in [1.165, 1.54) is 0 Å². The lowest BCUT2D eigenvalue weighted by molar-refractivity contribution is -0.197. The van der Waals surface area contributed by atoms with Crippen molar-refractivity contribution in [2.24, 2.45) is 0 Å². The molecule has 3 aromatic rings. The zero-order valence-electron chi connectivity index (χ0n) is 19.2. The van der Waals surface area contributed by atoms with Gasteiger partial charge in [0.25, 0.3) is 0 Å². The molecule has 1 aliphatic rings. The number of benzene rings is 2. The zero-order valence-corrected chi connectivity index (χ0v) is 19.2. The van der Waals surface area contributed by atoms with Gasteiger partial charge in [-0.1, -0.05) is 19.9 Å². The van der Waals surface area contributed by atoms with Crippen LogP contribution in [0.15, 0.2) is 36.4 Å². The molecule has 6 nitrogen and oxygen atoms in total. The van der Waals surface area contributed by atoms with Crippen molar-refractivity contribution in [3.05, 3.63) is 64.3 Å². The van der Waals surface area contributed by atoms with Crippen molar-refractivity contribution in [3.63, 3.8) is 0 Å². The summed E-state index contributed by atoms with van der Waals surface area (Å²) in [4.78, 5) is 16.8. The first-order valence-electron chi connectivity index (χ1n) is 10.8. The van der Waals surface area contributed by atoms with Crippen LogP contribution in [0.1, 0.15) is 66.9 Å². The molecule has 1 aromatic heterocycles. The molecule has 32 heavy (non-hydrogen) atoms. The summed E-state index contributed by atoms with van der Waals surface area (Å²) in [5.74, 6) is 0.107. The summed E-state index contributed by atoms with van der Waals surface area (Å²) in [6.45, 7) is 8.97. The fourth-order valence-electron chi connectivity index (χ4n) is 4.20. The summed E-state index contributed by atoms with van der Waals surface area (Å²) in [5.41, 5.74) is 4.11. The number of hydrogen-bond acceptors (Lipinski definition) is 5. The first-order valence-corrected chi connectivity index (χ1v) is 10.8. The molecule has 0 fully saturated rings. The second-order valence-corrected chi connectivity index (χ2v) is 9.06. The largest absolute Gasteiger partial charge is 0.493 e. The summed E-state index contributed by atoms with van der Waals surface area (Å²) >= 11 is 0. The second kappa shape index (κ2) is 8.09. The van der Waals surface area contributed by atoms with Crippen molar-refractivity contribution < 1.29 is 19.0 Å². The van der Waals surface area contributed by atoms with E-state index in [-0.39, 0.29) is 5.78 Å². The quantitative estimate of drug-likeness (QED) is 0.416. The Morgan fingerprint density at radius 3 is 2.62 bits per heavy atom. The van der Waals surface area contributed by atoms with E-state index in [0.717, 1.165) is 34.3 Å². The molecule has 0 saturated carbocycles. The number of fused-ring (bicyclic) bond motifs is 4. The molecular formula is C26H28N2O4. The maximum absolute atomic E-state index is 13.4. The second-order valence-electron chi connectivity index (χ2n) is 9.06. The number of methoxy groups -OCH3 is 1. The van der Waals surface area contributed by atoms with Gasteiger partial charge in [-0.2, -0.15) is 5.26 Å². The number of carbonyl (C=O) groups excluding carboxylic acids is 1. The van der Waals surface area contributed by atoms with Crippen LogP contribution < -0.4 is 4.74 Å². The molecule has 1 heterocycles. The van der Waals surface area contributed by atoms with Crippen LogP contribution in [0.3, 0.4) is 0 Å². The lowest BCUT2D eigenvalue weighted by Gasteiger charge is -2.32. The van der Waals surface area contributed by atoms with Crippen molar-refractivity contribution in [1.82, 2.24) is 4.98 Å². The lowest BCUT2D eigenvalue weighted by Crippen LogP contribution is -2.30. The molecule has 166 valence electrons. The van der Waals surface area contributed by atoms with E-state index in [0.29, 0.717) is 29.9 Å². The highest BCUT2D eigenvalue weighted by Gasteiger charge is 2.39. The van der Waals surface area contributed by atoms with Crippen LogP contribution in [0.25, 0.3) is 10.9 Å². The Balaban J connectivity index is 1.58. The summed E-state index contributed by atoms with van der Waals surface area (Å²) in [6.07, 6.45) is 0.722. The number of nitrogens with one attached hydrogen (secondary N) is 1. The van der Waals surface area contributed by atoms with Crippen LogP contribution in [0, 0.1) is 11.3 Å². The van der Waals surface area contributed by atoms with Gasteiger partial charge >= 0.3 is 0 Å². The molecule has 0 spiro atoms. The van der Waals surface area contributed by atoms with Crippen LogP contribution in [0.5, 0.6) is 5.75 Å². The third-order valence-electron chi connectivity index (χ3n) is 6.19. The van der Waals surface area contributed by atoms with Gasteiger partial charge in [-0.3, -0.25) is 4.79 Å². The van der Waals surface area contributed by atoms with E-state index < -0.39 is 11.2 Å². The molecule has 1 N–H and O–H groups in total. The molecule has 4 rings (SSSR count). The van der Waals surface area contributed by atoms with Gasteiger partial charge in [-0.05, 0) is 49.7 Å². The predicted octanol–water partition coefficient (Wildman–Crippen LogP) is 5.08. The monoisotopic (exact) mass is 432 g/mol. The van der Waals surface area contributed by atoms with Crippen LogP contribution in [-0.2, 0) is 14.9 Å². The Morgan fingerprint density at radius 1 is 1.12 bits per heavy atom. The van der Waals surface area contributed by atoms with Crippen molar-refractivity contribution >= 4 is 16.7 Å². The summed E-state index contributed by atoms with van der Waals surface area (Å²) in [6, 6.07) is 13.2. The number of ketones is 1. The molecule has 0 aliphatic heterocycles. The van der Waals surface area contributed by atoms with E-state index in [1.807, 2.05) is 38.1 Å². The number of nitrogens with zero attached hydrogens (tertiary/aromatic N) is 1. The average molecular weight is 433 g/mol. The molecule has 2 aromatic carbocycles. The summed E-state index contributed by atoms with van der Waals surface area (Å²) in [5, 5.41) is 10.1. The minimum Gasteiger partial charge on any atom is -0.493 e. The number of aromatic amines is 1. The molecule has 0 radical (unpaired) electrons. The maximum Gasteiger partial charge on any atom is 0.195 e. The van der Waals surface area contributed by atoms with Crippen molar-refractivity contribution in [2.45, 2.75) is 45.3 Å². The Morgan fingerprint density at radius 2 is 1.91 bits per heavy atom. The van der Waals surface area contributed by atoms with E-state index in [9.17, 15) is 10.1 Å². The molecule has 6 heteroatoms. The van der Waals surface area contributed by atoms with E-state index >= 15 is 0 Å². The van der Waals surface area contributed by atoms with Gasteiger partial charge in [0.15, 0.2) is 11.6 Å². The van der Waals surface area contributed by atoms with Gasteiger partial charge in [0.05, 0.1) is 30.4 Å². The van der Waals surface area contributed by atoms with E-state index in [4.69, 9.17) is 14.2 Å². The highest BCUT2D eigenvalue weighted by atomic mass is 16.7. The summed E-state index contributed by atoms with van der Waals surface area (Å²) in [7, 11) is 1.62. The first-order chi connectivity index (χ1) is 15.2. The van der Waals surface area contributed by atoms with Gasteiger partial charge in [-0.15, -0.1) is 0 Å². The number of aromatic nitrogens is 1. The van der Waals surface area contributed by atoms with Crippen molar-refractivity contribution in [1.29, 1.82) is 5.26 Å². The van der Waals surface area contributed by atoms with Crippen molar-refractivity contribution in [2.75, 3.05) is 20.3 Å². The number of H-pyrrole nitrogens is 1. The van der Waals surface area contributed by atoms with Crippen molar-refractivity contribution in [3.8, 4) is 11.8 Å². The molecule has 0 saturated heterocycles. The Bertz CT molecular complexity index is 1230. The fraction of sp³-hybridized carbons (Fsp3) is 0.385. The van der Waals surface area contributed by atoms with Crippen LogP contribution >= 0.6 is 0 Å². The Hall–Kier alpha value is -3.14. The molecule has 0 atom stereocenters. The summed E-state index contributed by atoms with van der Waals surface area (Å²) < 4.78 is 16.9. The molecule has 0 bridgehead atoms. The number of ether oxygens (including phenoxy) is 3. The van der Waals surface area contributed by atoms with Gasteiger partial charge in [0.2, 0.25) is 0 Å². The maximum atomic E-state index is 13.4. The smallest absolute Gasteiger partial charge is 0.195 e. The zero-order chi connectivity index (χ0) is 23.1. The van der Waals surface area contributed by atoms with Gasteiger partial charge in [0, 0.05) is 41.1 Å². The van der Waals surface area contributed by atoms with Gasteiger partial charge in [0.1, 0.15) is 5.75 Å². The Kier molecular flexibility index (Phi) is 5.58. The number of nitriles is 1. The Labute approximate surface area is 188 Å². The van der Waals surface area contributed by atoms with Gasteiger partial charge in [-0.25, -0.2) is 0 Å². The molecular weight excluding hydrogens is 404 g/mol. The topological polar surface area (TPSA) is 84.3 Å². The standard InChI is InChI=1S/C26H28N2O4/c1-25(2)20-14-17(31-11-6-12-32-26(3,4)30-5)8-10-18(20)23(29)22-19-9-7-16(15-27)13-21(19)28-24(22)25/h7-10,13-14,28H,6,11-12H2,1-5H3. The number of rotatable bonds is 7. The minimum absolute atomic E-state index is 0.00738. The predicted molar refractivity (Wildman–Crippen MR) is 122 cm³/mol. The number of hydrogen-bond donors (Lipinski definition) is 1. The normalized spacial score (nSPS) is 14.7. The average Bonchev–Trinajstić information content (AvgIpc) is 3.17. The minimum atomic E-state index is -0.610. The van der Waals surface area contributed by atoms with Crippen LogP contribution in [0.4, 0.5) is 0 Å². The fourth-order valence-corrected chi connectivity index (χ4v) is 4.20. The highest BCUT2D eigenvalue weighted by molar-refractivity contribution is 6.20. The first kappa shape index (κ1) is 22.1. The molecule has 1 aliphatic carbocycles. The van der Waals surface area contributed by atoms with E-state index in [2.05, 4.69) is 24.9 Å². The third kappa shape index (κ3) is 3.79. The van der Waals surface area contributed by atoms with Crippen LogP contribution in [0.2, 0.25) is 0 Å². The SMILES string of the molecule is COC(C)(C)OCCCOc1ccc2c(c1)C(C)(C)c1[nH]c3cc(C#N)ccc3c1C2=O. The van der Waals surface area contributed by atoms with Crippen LogP contribution in [-0.4, -0.2) is 36.9 Å². The van der Waals surface area contributed by atoms with E-state index in [1.54, 1.807) is 19.2 Å². The lowest BCUT2D eigenvalue weighted by atomic mass is 9.71.